The lowest BCUT2D eigenvalue weighted by Crippen LogP contribution is -2.45. The third kappa shape index (κ3) is 6.36. The summed E-state index contributed by atoms with van der Waals surface area (Å²) < 4.78 is 83.0. The molecule has 1 saturated heterocycles. The number of ether oxygens (including phenoxy) is 1. The van der Waals surface area contributed by atoms with E-state index in [-0.39, 0.29) is 37.6 Å². The Balaban J connectivity index is 2.09. The fraction of sp³-hybridized carbons (Fsp3) is 0.550. The Labute approximate surface area is 180 Å². The van der Waals surface area contributed by atoms with E-state index < -0.39 is 47.4 Å². The molecule has 0 aromatic heterocycles. The predicted molar refractivity (Wildman–Crippen MR) is 99.3 cm³/mol. The van der Waals surface area contributed by atoms with Crippen LogP contribution < -0.4 is 0 Å². The average molecular weight is 468 g/mol. The molecule has 32 heavy (non-hydrogen) atoms. The summed E-state index contributed by atoms with van der Waals surface area (Å²) in [5.41, 5.74) is -4.06. The second-order valence-corrected chi connectivity index (χ2v) is 7.36. The Morgan fingerprint density at radius 1 is 1.00 bits per heavy atom. The number of hydrogen-bond acceptors (Lipinski definition) is 4. The number of nitrogens with zero attached hydrogens (tertiary/aromatic N) is 2. The Morgan fingerprint density at radius 2 is 1.50 bits per heavy atom. The number of esters is 1. The van der Waals surface area contributed by atoms with Crippen molar-refractivity contribution in [1.82, 2.24) is 9.80 Å². The van der Waals surface area contributed by atoms with Gasteiger partial charge in [0.1, 0.15) is 0 Å². The Kier molecular flexibility index (Phi) is 7.79. The van der Waals surface area contributed by atoms with E-state index in [4.69, 9.17) is 4.74 Å². The second-order valence-electron chi connectivity index (χ2n) is 7.36. The van der Waals surface area contributed by atoms with Crippen molar-refractivity contribution >= 4 is 17.8 Å². The van der Waals surface area contributed by atoms with Crippen molar-refractivity contribution < 1.29 is 45.5 Å². The summed E-state index contributed by atoms with van der Waals surface area (Å²) in [5.74, 6) is -2.41. The summed E-state index contributed by atoms with van der Waals surface area (Å²) in [6.07, 6.45) is -9.47. The van der Waals surface area contributed by atoms with E-state index >= 15 is 0 Å². The maximum absolute atomic E-state index is 13.0. The molecule has 178 valence electrons. The number of likely N-dealkylation sites (N-methyl/N-ethyl adjacent to an activating group) is 1. The molecule has 0 spiro atoms. The molecule has 12 heteroatoms. The van der Waals surface area contributed by atoms with E-state index in [1.54, 1.807) is 6.92 Å². The zero-order chi connectivity index (χ0) is 24.3. The van der Waals surface area contributed by atoms with Gasteiger partial charge < -0.3 is 14.5 Å². The fourth-order valence-corrected chi connectivity index (χ4v) is 3.30. The van der Waals surface area contributed by atoms with Crippen molar-refractivity contribution in [3.05, 3.63) is 34.9 Å². The quantitative estimate of drug-likeness (QED) is 0.489. The standard InChI is InChI=1S/C20H22F6N2O4/c1-3-32-18(31)12-4-6-28(7-5-12)16(29)11-27(2)17(30)13-8-14(19(21,22)23)10-15(9-13)20(24,25)26/h8-10,12H,3-7,11H2,1-2H3. The van der Waals surface area contributed by atoms with Gasteiger partial charge in [-0.05, 0) is 38.0 Å². The summed E-state index contributed by atoms with van der Waals surface area (Å²) in [5, 5.41) is 0. The van der Waals surface area contributed by atoms with Crippen molar-refractivity contribution in [3.8, 4) is 0 Å². The van der Waals surface area contributed by atoms with Gasteiger partial charge in [0, 0.05) is 25.7 Å². The van der Waals surface area contributed by atoms with Crippen LogP contribution in [0, 0.1) is 5.92 Å². The molecule has 2 amide bonds. The van der Waals surface area contributed by atoms with E-state index in [1.165, 1.54) is 4.90 Å². The average Bonchev–Trinajstić information content (AvgIpc) is 2.71. The number of rotatable bonds is 5. The number of hydrogen-bond donors (Lipinski definition) is 0. The van der Waals surface area contributed by atoms with Gasteiger partial charge in [-0.2, -0.15) is 26.3 Å². The molecule has 0 saturated carbocycles. The van der Waals surface area contributed by atoms with Gasteiger partial charge in [0.15, 0.2) is 0 Å². The zero-order valence-corrected chi connectivity index (χ0v) is 17.3. The summed E-state index contributed by atoms with van der Waals surface area (Å²) in [4.78, 5) is 38.8. The lowest BCUT2D eigenvalue weighted by Gasteiger charge is -2.32. The Hall–Kier alpha value is -2.79. The highest BCUT2D eigenvalue weighted by Crippen LogP contribution is 2.36. The largest absolute Gasteiger partial charge is 0.466 e. The van der Waals surface area contributed by atoms with Gasteiger partial charge in [-0.1, -0.05) is 0 Å². The molecule has 1 aliphatic rings. The number of benzene rings is 1. The first-order chi connectivity index (χ1) is 14.7. The molecule has 1 fully saturated rings. The van der Waals surface area contributed by atoms with E-state index in [0.717, 1.165) is 11.9 Å². The number of carbonyl (C=O) groups excluding carboxylic acids is 3. The zero-order valence-electron chi connectivity index (χ0n) is 17.3. The van der Waals surface area contributed by atoms with E-state index in [9.17, 15) is 40.7 Å². The third-order valence-corrected chi connectivity index (χ3v) is 5.02. The van der Waals surface area contributed by atoms with Crippen molar-refractivity contribution in [2.24, 2.45) is 5.92 Å². The monoisotopic (exact) mass is 468 g/mol. The maximum Gasteiger partial charge on any atom is 0.416 e. The van der Waals surface area contributed by atoms with Gasteiger partial charge in [-0.25, -0.2) is 0 Å². The van der Waals surface area contributed by atoms with Crippen LogP contribution in [0.15, 0.2) is 18.2 Å². The predicted octanol–water partition coefficient (Wildman–Crippen LogP) is 3.60. The molecule has 2 rings (SSSR count). The van der Waals surface area contributed by atoms with Crippen molar-refractivity contribution in [3.63, 3.8) is 0 Å². The number of likely N-dealkylation sites (tertiary alicyclic amines) is 1. The van der Waals surface area contributed by atoms with Crippen molar-refractivity contribution in [2.75, 3.05) is 33.3 Å². The van der Waals surface area contributed by atoms with Gasteiger partial charge in [0.25, 0.3) is 5.91 Å². The minimum Gasteiger partial charge on any atom is -0.466 e. The number of halogens is 6. The summed E-state index contributed by atoms with van der Waals surface area (Å²) in [6, 6.07) is 0.572. The van der Waals surface area contributed by atoms with Crippen LogP contribution in [0.1, 0.15) is 41.3 Å². The Morgan fingerprint density at radius 3 is 1.94 bits per heavy atom. The SMILES string of the molecule is CCOC(=O)C1CCN(C(=O)CN(C)C(=O)c2cc(C(F)(F)F)cc(C(F)(F)F)c2)CC1. The van der Waals surface area contributed by atoms with E-state index in [0.29, 0.717) is 25.0 Å². The molecule has 6 nitrogen and oxygen atoms in total. The summed E-state index contributed by atoms with van der Waals surface area (Å²) in [6.45, 7) is 1.79. The lowest BCUT2D eigenvalue weighted by atomic mass is 9.97. The highest BCUT2D eigenvalue weighted by Gasteiger charge is 2.38. The van der Waals surface area contributed by atoms with Gasteiger partial charge in [0.05, 0.1) is 30.2 Å². The summed E-state index contributed by atoms with van der Waals surface area (Å²) >= 11 is 0. The molecule has 0 radical (unpaired) electrons. The van der Waals surface area contributed by atoms with Gasteiger partial charge >= 0.3 is 18.3 Å². The third-order valence-electron chi connectivity index (χ3n) is 5.02. The van der Waals surface area contributed by atoms with Crippen LogP contribution in [0.3, 0.4) is 0 Å². The molecule has 1 aromatic carbocycles. The van der Waals surface area contributed by atoms with Gasteiger partial charge in [0.2, 0.25) is 5.91 Å². The smallest absolute Gasteiger partial charge is 0.416 e. The number of alkyl halides is 6. The lowest BCUT2D eigenvalue weighted by molar-refractivity contribution is -0.151. The molecule has 0 bridgehead atoms. The Bertz CT molecular complexity index is 828. The minimum atomic E-state index is -5.09. The molecular formula is C20H22F6N2O4. The van der Waals surface area contributed by atoms with Crippen LogP contribution in [-0.2, 0) is 26.7 Å². The number of piperidine rings is 1. The highest BCUT2D eigenvalue weighted by molar-refractivity contribution is 5.96. The molecule has 0 unspecified atom stereocenters. The van der Waals surface area contributed by atoms with Crippen LogP contribution in [-0.4, -0.2) is 60.9 Å². The second kappa shape index (κ2) is 9.78. The number of carbonyl (C=O) groups is 3. The van der Waals surface area contributed by atoms with Crippen LogP contribution >= 0.6 is 0 Å². The van der Waals surface area contributed by atoms with Gasteiger partial charge in [-0.15, -0.1) is 0 Å². The van der Waals surface area contributed by atoms with Crippen LogP contribution in [0.5, 0.6) is 0 Å². The highest BCUT2D eigenvalue weighted by atomic mass is 19.4. The van der Waals surface area contributed by atoms with Crippen LogP contribution in [0.4, 0.5) is 26.3 Å². The van der Waals surface area contributed by atoms with Crippen LogP contribution in [0.2, 0.25) is 0 Å². The molecule has 0 N–H and O–H groups in total. The molecule has 1 aromatic rings. The van der Waals surface area contributed by atoms with Crippen molar-refractivity contribution in [1.29, 1.82) is 0 Å². The van der Waals surface area contributed by atoms with Gasteiger partial charge in [-0.3, -0.25) is 14.4 Å². The molecule has 0 atom stereocenters. The first-order valence-electron chi connectivity index (χ1n) is 9.73. The van der Waals surface area contributed by atoms with Crippen molar-refractivity contribution in [2.45, 2.75) is 32.1 Å². The molecule has 1 heterocycles. The molecule has 1 aliphatic heterocycles. The molecule has 0 aliphatic carbocycles. The minimum absolute atomic E-state index is 0.0738. The topological polar surface area (TPSA) is 66.9 Å². The maximum atomic E-state index is 13.0. The first kappa shape index (κ1) is 25.5. The van der Waals surface area contributed by atoms with E-state index in [2.05, 4.69) is 0 Å². The summed E-state index contributed by atoms with van der Waals surface area (Å²) in [7, 11) is 1.11. The van der Waals surface area contributed by atoms with E-state index in [1.807, 2.05) is 0 Å². The normalized spacial score (nSPS) is 15.4. The fourth-order valence-electron chi connectivity index (χ4n) is 3.30. The number of amides is 2. The van der Waals surface area contributed by atoms with Crippen LogP contribution in [0.25, 0.3) is 0 Å². The first-order valence-corrected chi connectivity index (χ1v) is 9.73. The molecular weight excluding hydrogens is 446 g/mol.